The summed E-state index contributed by atoms with van der Waals surface area (Å²) in [4.78, 5) is 11.4. The molecule has 1 saturated carbocycles. The predicted octanol–water partition coefficient (Wildman–Crippen LogP) is 7.31. The van der Waals surface area contributed by atoms with E-state index in [0.29, 0.717) is 42.7 Å². The van der Waals surface area contributed by atoms with E-state index in [-0.39, 0.29) is 5.97 Å². The molecule has 5 nitrogen and oxygen atoms in total. The molecule has 7 heteroatoms. The molecule has 2 aliphatic rings. The Labute approximate surface area is 212 Å². The minimum absolute atomic E-state index is 0.107. The zero-order valence-corrected chi connectivity index (χ0v) is 25.5. The van der Waals surface area contributed by atoms with Crippen LogP contribution < -0.4 is 0 Å². The van der Waals surface area contributed by atoms with Gasteiger partial charge in [-0.3, -0.25) is 4.79 Å². The molecule has 0 N–H and O–H groups in total. The van der Waals surface area contributed by atoms with Crippen LogP contribution in [0.25, 0.3) is 0 Å². The Bertz CT molecular complexity index is 601. The zero-order valence-electron chi connectivity index (χ0n) is 23.5. The summed E-state index contributed by atoms with van der Waals surface area (Å²) < 4.78 is 24.7. The molecule has 6 unspecified atom stereocenters. The molecule has 200 valence electrons. The molecule has 6 atom stereocenters. The molecule has 0 aromatic rings. The monoisotopic (exact) mass is 514 g/mol. The third-order valence-corrected chi connectivity index (χ3v) is 9.28. The highest BCUT2D eigenvalue weighted by molar-refractivity contribution is 6.70. The molecule has 1 aliphatic carbocycles. The van der Waals surface area contributed by atoms with E-state index >= 15 is 0 Å². The van der Waals surface area contributed by atoms with Crippen LogP contribution in [-0.4, -0.2) is 54.1 Å². The predicted molar refractivity (Wildman–Crippen MR) is 145 cm³/mol. The van der Waals surface area contributed by atoms with Crippen LogP contribution in [0.5, 0.6) is 0 Å². The molecular formula is C27H54O5Si2. The summed E-state index contributed by atoms with van der Waals surface area (Å²) in [6.45, 7) is 16.2. The molecule has 1 heterocycles. The van der Waals surface area contributed by atoms with Gasteiger partial charge in [0.2, 0.25) is 0 Å². The molecular weight excluding hydrogens is 460 g/mol. The summed E-state index contributed by atoms with van der Waals surface area (Å²) in [5, 5.41) is 0. The number of rotatable bonds is 16. The second-order valence-corrected chi connectivity index (χ2v) is 21.5. The Morgan fingerprint density at radius 2 is 1.68 bits per heavy atom. The van der Waals surface area contributed by atoms with Crippen LogP contribution in [0.4, 0.5) is 0 Å². The molecule has 0 bridgehead atoms. The maximum Gasteiger partial charge on any atom is 0.305 e. The Morgan fingerprint density at radius 1 is 0.941 bits per heavy atom. The summed E-state index contributed by atoms with van der Waals surface area (Å²) in [6, 6.07) is 0. The van der Waals surface area contributed by atoms with Crippen molar-refractivity contribution in [3.8, 4) is 0 Å². The fraction of sp³-hybridized carbons (Fsp3) is 0.963. The van der Waals surface area contributed by atoms with Crippen molar-refractivity contribution in [2.24, 2.45) is 11.8 Å². The first-order chi connectivity index (χ1) is 15.9. The first-order valence-corrected chi connectivity index (χ1v) is 20.8. The number of fused-ring (bicyclic) bond motifs is 1. The van der Waals surface area contributed by atoms with E-state index in [1.807, 2.05) is 0 Å². The van der Waals surface area contributed by atoms with Crippen LogP contribution in [0.2, 0.25) is 39.3 Å². The third kappa shape index (κ3) is 10.8. The number of esters is 1. The second kappa shape index (κ2) is 13.9. The van der Waals surface area contributed by atoms with Gasteiger partial charge in [0.15, 0.2) is 16.6 Å². The van der Waals surface area contributed by atoms with Crippen molar-refractivity contribution in [3.63, 3.8) is 0 Å². The summed E-state index contributed by atoms with van der Waals surface area (Å²) >= 11 is 0. The topological polar surface area (TPSA) is 54.0 Å². The summed E-state index contributed by atoms with van der Waals surface area (Å²) in [6.07, 6.45) is 14.4. The Morgan fingerprint density at radius 3 is 2.29 bits per heavy atom. The molecule has 0 radical (unpaired) electrons. The normalized spacial score (nSPS) is 28.2. The molecule has 34 heavy (non-hydrogen) atoms. The minimum Gasteiger partial charge on any atom is -0.469 e. The maximum absolute atomic E-state index is 11.4. The zero-order chi connectivity index (χ0) is 25.4. The van der Waals surface area contributed by atoms with E-state index in [1.165, 1.54) is 39.2 Å². The Hall–Kier alpha value is -0.216. The highest BCUT2D eigenvalue weighted by Gasteiger charge is 2.50. The number of carbonyl (C=O) groups excluding carboxylic acids is 1. The van der Waals surface area contributed by atoms with Crippen LogP contribution in [0.15, 0.2) is 0 Å². The molecule has 0 spiro atoms. The van der Waals surface area contributed by atoms with Gasteiger partial charge in [0, 0.05) is 12.5 Å². The standard InChI is InChI=1S/C27H54O5Si2/c1-9-10-11-14-21(31-33(3,4)5)17-18-23-24-19-22(15-12-13-16-27(28)29-2)30-25(24)20-26(23)32-34(6,7)8/h21-26H,9-20H2,1-8H3. The van der Waals surface area contributed by atoms with E-state index in [9.17, 15) is 4.79 Å². The van der Waals surface area contributed by atoms with Crippen LogP contribution >= 0.6 is 0 Å². The average molecular weight is 515 g/mol. The largest absolute Gasteiger partial charge is 0.469 e. The lowest BCUT2D eigenvalue weighted by Gasteiger charge is -2.32. The molecule has 0 aromatic heterocycles. The van der Waals surface area contributed by atoms with Gasteiger partial charge in [-0.2, -0.15) is 0 Å². The number of carbonyl (C=O) groups is 1. The number of unbranched alkanes of at least 4 members (excludes halogenated alkanes) is 3. The minimum atomic E-state index is -1.61. The molecule has 0 aromatic carbocycles. The first-order valence-electron chi connectivity index (χ1n) is 14.0. The van der Waals surface area contributed by atoms with E-state index in [1.54, 1.807) is 0 Å². The van der Waals surface area contributed by atoms with Crippen molar-refractivity contribution >= 4 is 22.6 Å². The second-order valence-electron chi connectivity index (χ2n) is 12.6. The van der Waals surface area contributed by atoms with Crippen LogP contribution in [0, 0.1) is 11.8 Å². The van der Waals surface area contributed by atoms with E-state index < -0.39 is 16.6 Å². The fourth-order valence-electron chi connectivity index (χ4n) is 5.90. The van der Waals surface area contributed by atoms with Crippen LogP contribution in [0.3, 0.4) is 0 Å². The van der Waals surface area contributed by atoms with Crippen LogP contribution in [-0.2, 0) is 23.1 Å². The molecule has 1 aliphatic heterocycles. The third-order valence-electron chi connectivity index (χ3n) is 7.23. The highest BCUT2D eigenvalue weighted by atomic mass is 28.4. The van der Waals surface area contributed by atoms with Gasteiger partial charge < -0.3 is 18.3 Å². The number of hydrogen-bond donors (Lipinski definition) is 0. The van der Waals surface area contributed by atoms with Crippen LogP contribution in [0.1, 0.15) is 84.0 Å². The van der Waals surface area contributed by atoms with Gasteiger partial charge in [0.25, 0.3) is 0 Å². The molecule has 2 rings (SSSR count). The Kier molecular flexibility index (Phi) is 12.3. The Balaban J connectivity index is 1.96. The van der Waals surface area contributed by atoms with Gasteiger partial charge in [0.1, 0.15) is 0 Å². The van der Waals surface area contributed by atoms with Gasteiger partial charge in [0.05, 0.1) is 25.4 Å². The fourth-order valence-corrected chi connectivity index (χ4v) is 8.32. The first kappa shape index (κ1) is 30.0. The van der Waals surface area contributed by atoms with Crippen molar-refractivity contribution < 1.29 is 23.1 Å². The summed E-state index contributed by atoms with van der Waals surface area (Å²) in [5.41, 5.74) is 0. The van der Waals surface area contributed by atoms with Gasteiger partial charge in [-0.25, -0.2) is 0 Å². The van der Waals surface area contributed by atoms with E-state index in [4.69, 9.17) is 18.3 Å². The van der Waals surface area contributed by atoms with E-state index in [2.05, 4.69) is 46.2 Å². The van der Waals surface area contributed by atoms with Crippen molar-refractivity contribution in [2.75, 3.05) is 7.11 Å². The quantitative estimate of drug-likeness (QED) is 0.123. The van der Waals surface area contributed by atoms with Gasteiger partial charge in [-0.15, -0.1) is 0 Å². The lowest BCUT2D eigenvalue weighted by Crippen LogP contribution is -2.36. The average Bonchev–Trinajstić information content (AvgIpc) is 3.24. The maximum atomic E-state index is 11.4. The smallest absolute Gasteiger partial charge is 0.305 e. The summed E-state index contributed by atoms with van der Waals surface area (Å²) in [5.74, 6) is 1.08. The van der Waals surface area contributed by atoms with Crippen molar-refractivity contribution in [1.82, 2.24) is 0 Å². The number of hydrogen-bond acceptors (Lipinski definition) is 5. The van der Waals surface area contributed by atoms with Crippen molar-refractivity contribution in [2.45, 2.75) is 148 Å². The van der Waals surface area contributed by atoms with E-state index in [0.717, 1.165) is 38.5 Å². The lowest BCUT2D eigenvalue weighted by molar-refractivity contribution is -0.140. The van der Waals surface area contributed by atoms with Gasteiger partial charge >= 0.3 is 5.97 Å². The summed E-state index contributed by atoms with van der Waals surface area (Å²) in [7, 11) is -1.71. The molecule has 1 saturated heterocycles. The van der Waals surface area contributed by atoms with Crippen molar-refractivity contribution in [1.29, 1.82) is 0 Å². The lowest BCUT2D eigenvalue weighted by atomic mass is 9.85. The molecule has 2 fully saturated rings. The number of methoxy groups -OCH3 is 1. The number of ether oxygens (including phenoxy) is 2. The van der Waals surface area contributed by atoms with Gasteiger partial charge in [-0.1, -0.05) is 32.6 Å². The van der Waals surface area contributed by atoms with Gasteiger partial charge in [-0.05, 0) is 96.1 Å². The van der Waals surface area contributed by atoms with Crippen molar-refractivity contribution in [3.05, 3.63) is 0 Å². The molecule has 0 amide bonds. The highest BCUT2D eigenvalue weighted by Crippen LogP contribution is 2.48. The SMILES string of the molecule is CCCCCC(CCC1C(O[Si](C)(C)C)CC2OC(CCCCC(=O)OC)CC21)O[Si](C)(C)C.